The van der Waals surface area contributed by atoms with Gasteiger partial charge in [0.2, 0.25) is 5.91 Å². The first-order chi connectivity index (χ1) is 14.0. The van der Waals surface area contributed by atoms with Crippen molar-refractivity contribution >= 4 is 17.7 Å². The topological polar surface area (TPSA) is 94.3 Å². The van der Waals surface area contributed by atoms with Crippen molar-refractivity contribution in [1.82, 2.24) is 24.6 Å². The van der Waals surface area contributed by atoms with Gasteiger partial charge in [0.15, 0.2) is 0 Å². The standard InChI is InChI=1S/C19H19FN6O3/c1-13(27)21-8-16-11-26(19(28)29-16)15-3-4-18(17(20)7-15)24-9-14(22-12-24)10-25-6-2-5-23-25/h2-7,9,12,16H,8,10-11H2,1H3,(H,21,27). The van der Waals surface area contributed by atoms with Gasteiger partial charge < -0.3 is 14.6 Å². The number of nitrogens with one attached hydrogen (secondary N) is 1. The second-order valence-electron chi connectivity index (χ2n) is 6.67. The van der Waals surface area contributed by atoms with Crippen LogP contribution >= 0.6 is 0 Å². The SMILES string of the molecule is CC(=O)NCC1CN(c2ccc(-n3cnc(Cn4cccn4)c3)c(F)c2)C(=O)O1. The number of hydrogen-bond donors (Lipinski definition) is 1. The summed E-state index contributed by atoms with van der Waals surface area (Å²) in [6, 6.07) is 6.33. The van der Waals surface area contributed by atoms with E-state index in [1.807, 2.05) is 12.3 Å². The fraction of sp³-hybridized carbons (Fsp3) is 0.263. The molecular weight excluding hydrogens is 379 g/mol. The second-order valence-corrected chi connectivity index (χ2v) is 6.67. The van der Waals surface area contributed by atoms with Crippen LogP contribution in [-0.4, -0.2) is 50.5 Å². The van der Waals surface area contributed by atoms with E-state index < -0.39 is 18.0 Å². The highest BCUT2D eigenvalue weighted by Gasteiger charge is 2.32. The van der Waals surface area contributed by atoms with Gasteiger partial charge in [0.05, 0.1) is 43.0 Å². The zero-order chi connectivity index (χ0) is 20.4. The van der Waals surface area contributed by atoms with E-state index in [2.05, 4.69) is 15.4 Å². The Hall–Kier alpha value is -3.69. The molecule has 1 aliphatic rings. The predicted molar refractivity (Wildman–Crippen MR) is 101 cm³/mol. The summed E-state index contributed by atoms with van der Waals surface area (Å²) < 4.78 is 23.3. The van der Waals surface area contributed by atoms with E-state index in [0.717, 1.165) is 5.69 Å². The highest BCUT2D eigenvalue weighted by Crippen LogP contribution is 2.25. The predicted octanol–water partition coefficient (Wildman–Crippen LogP) is 1.72. The third kappa shape index (κ3) is 4.10. The minimum Gasteiger partial charge on any atom is -0.442 e. The molecule has 1 aromatic carbocycles. The van der Waals surface area contributed by atoms with E-state index in [-0.39, 0.29) is 19.0 Å². The number of carbonyl (C=O) groups is 2. The Kier molecular flexibility index (Phi) is 4.98. The number of nitrogens with zero attached hydrogens (tertiary/aromatic N) is 5. The molecule has 1 fully saturated rings. The quantitative estimate of drug-likeness (QED) is 0.682. The molecule has 1 saturated heterocycles. The number of rotatable bonds is 6. The highest BCUT2D eigenvalue weighted by molar-refractivity contribution is 5.90. The summed E-state index contributed by atoms with van der Waals surface area (Å²) in [6.45, 7) is 2.32. The van der Waals surface area contributed by atoms with Crippen molar-refractivity contribution < 1.29 is 18.7 Å². The van der Waals surface area contributed by atoms with Gasteiger partial charge >= 0.3 is 6.09 Å². The summed E-state index contributed by atoms with van der Waals surface area (Å²) in [4.78, 5) is 28.7. The van der Waals surface area contributed by atoms with Gasteiger partial charge in [-0.1, -0.05) is 0 Å². The molecule has 9 nitrogen and oxygen atoms in total. The summed E-state index contributed by atoms with van der Waals surface area (Å²) in [5.41, 5.74) is 1.44. The molecule has 2 amide bonds. The molecule has 10 heteroatoms. The first-order valence-electron chi connectivity index (χ1n) is 9.02. The Labute approximate surface area is 165 Å². The van der Waals surface area contributed by atoms with E-state index >= 15 is 0 Å². The van der Waals surface area contributed by atoms with Gasteiger partial charge in [0, 0.05) is 25.5 Å². The van der Waals surface area contributed by atoms with Crippen molar-refractivity contribution in [2.45, 2.75) is 19.6 Å². The van der Waals surface area contributed by atoms with Crippen molar-refractivity contribution in [2.75, 3.05) is 18.0 Å². The van der Waals surface area contributed by atoms with Crippen LogP contribution in [-0.2, 0) is 16.1 Å². The average Bonchev–Trinajstić information content (AvgIpc) is 3.42. The summed E-state index contributed by atoms with van der Waals surface area (Å²) in [5, 5.41) is 6.73. The summed E-state index contributed by atoms with van der Waals surface area (Å²) >= 11 is 0. The maximum Gasteiger partial charge on any atom is 0.414 e. The van der Waals surface area contributed by atoms with E-state index in [9.17, 15) is 14.0 Å². The van der Waals surface area contributed by atoms with Crippen LogP contribution in [0.2, 0.25) is 0 Å². The van der Waals surface area contributed by atoms with Crippen LogP contribution < -0.4 is 10.2 Å². The lowest BCUT2D eigenvalue weighted by Gasteiger charge is -2.14. The van der Waals surface area contributed by atoms with E-state index in [1.54, 1.807) is 33.8 Å². The number of aromatic nitrogens is 4. The molecular formula is C19H19FN6O3. The summed E-state index contributed by atoms with van der Waals surface area (Å²) in [6.07, 6.45) is 5.71. The van der Waals surface area contributed by atoms with Crippen molar-refractivity contribution in [3.8, 4) is 5.69 Å². The van der Waals surface area contributed by atoms with Gasteiger partial charge in [0.1, 0.15) is 11.9 Å². The lowest BCUT2D eigenvalue weighted by atomic mass is 10.2. The van der Waals surface area contributed by atoms with E-state index in [1.165, 1.54) is 24.2 Å². The van der Waals surface area contributed by atoms with E-state index in [4.69, 9.17) is 4.74 Å². The minimum atomic E-state index is -0.573. The normalized spacial score (nSPS) is 16.1. The second kappa shape index (κ2) is 7.74. The van der Waals surface area contributed by atoms with Crippen molar-refractivity contribution in [3.63, 3.8) is 0 Å². The third-order valence-corrected chi connectivity index (χ3v) is 4.49. The third-order valence-electron chi connectivity index (χ3n) is 4.49. The monoisotopic (exact) mass is 398 g/mol. The zero-order valence-electron chi connectivity index (χ0n) is 15.7. The maximum absolute atomic E-state index is 14.8. The molecule has 3 heterocycles. The molecule has 1 N–H and O–H groups in total. The van der Waals surface area contributed by atoms with Crippen LogP contribution in [0.15, 0.2) is 49.2 Å². The number of benzene rings is 1. The zero-order valence-corrected chi connectivity index (χ0v) is 15.7. The van der Waals surface area contributed by atoms with Gasteiger partial charge in [-0.15, -0.1) is 0 Å². The van der Waals surface area contributed by atoms with Crippen molar-refractivity contribution in [1.29, 1.82) is 0 Å². The Bertz CT molecular complexity index is 1030. The molecule has 1 unspecified atom stereocenters. The van der Waals surface area contributed by atoms with Crippen LogP contribution in [0.5, 0.6) is 0 Å². The Balaban J connectivity index is 1.48. The average molecular weight is 398 g/mol. The fourth-order valence-corrected chi connectivity index (χ4v) is 3.11. The molecule has 2 aromatic heterocycles. The van der Waals surface area contributed by atoms with Crippen LogP contribution in [0.3, 0.4) is 0 Å². The number of carbonyl (C=O) groups excluding carboxylic acids is 2. The lowest BCUT2D eigenvalue weighted by Crippen LogP contribution is -2.33. The molecule has 0 saturated carbocycles. The fourth-order valence-electron chi connectivity index (χ4n) is 3.11. The van der Waals surface area contributed by atoms with Crippen LogP contribution in [0, 0.1) is 5.82 Å². The van der Waals surface area contributed by atoms with Crippen LogP contribution in [0.25, 0.3) is 5.69 Å². The van der Waals surface area contributed by atoms with Gasteiger partial charge in [-0.2, -0.15) is 5.10 Å². The first-order valence-corrected chi connectivity index (χ1v) is 9.02. The highest BCUT2D eigenvalue weighted by atomic mass is 19.1. The van der Waals surface area contributed by atoms with E-state index in [0.29, 0.717) is 17.9 Å². The molecule has 29 heavy (non-hydrogen) atoms. The lowest BCUT2D eigenvalue weighted by molar-refractivity contribution is -0.119. The smallest absolute Gasteiger partial charge is 0.414 e. The number of ether oxygens (including phenoxy) is 1. The number of amides is 2. The van der Waals surface area contributed by atoms with Crippen LogP contribution in [0.1, 0.15) is 12.6 Å². The molecule has 1 atom stereocenters. The Morgan fingerprint density at radius 2 is 2.28 bits per heavy atom. The number of imidazole rings is 1. The summed E-state index contributed by atoms with van der Waals surface area (Å²) in [5.74, 6) is -0.703. The largest absolute Gasteiger partial charge is 0.442 e. The van der Waals surface area contributed by atoms with Gasteiger partial charge in [-0.3, -0.25) is 14.4 Å². The van der Waals surface area contributed by atoms with Gasteiger partial charge in [-0.05, 0) is 24.3 Å². The molecule has 0 bridgehead atoms. The molecule has 0 radical (unpaired) electrons. The number of halogens is 1. The minimum absolute atomic E-state index is 0.206. The Morgan fingerprint density at radius 1 is 1.41 bits per heavy atom. The summed E-state index contributed by atoms with van der Waals surface area (Å²) in [7, 11) is 0. The first kappa shape index (κ1) is 18.7. The van der Waals surface area contributed by atoms with Crippen LogP contribution in [0.4, 0.5) is 14.9 Å². The Morgan fingerprint density at radius 3 is 3.00 bits per heavy atom. The molecule has 150 valence electrons. The van der Waals surface area contributed by atoms with Gasteiger partial charge in [0.25, 0.3) is 0 Å². The van der Waals surface area contributed by atoms with Gasteiger partial charge in [-0.25, -0.2) is 14.2 Å². The number of hydrogen-bond acceptors (Lipinski definition) is 5. The molecule has 4 rings (SSSR count). The number of cyclic esters (lactones) is 1. The molecule has 3 aromatic rings. The number of anilines is 1. The molecule has 1 aliphatic heterocycles. The maximum atomic E-state index is 14.8. The van der Waals surface area contributed by atoms with Crippen molar-refractivity contribution in [2.24, 2.45) is 0 Å². The molecule has 0 aliphatic carbocycles. The van der Waals surface area contributed by atoms with Crippen molar-refractivity contribution in [3.05, 3.63) is 60.7 Å². The molecule has 0 spiro atoms.